The summed E-state index contributed by atoms with van der Waals surface area (Å²) in [5, 5.41) is 3.48. The highest BCUT2D eigenvalue weighted by Gasteiger charge is 2.33. The van der Waals surface area contributed by atoms with Crippen LogP contribution in [0.5, 0.6) is 5.75 Å². The van der Waals surface area contributed by atoms with Crippen molar-refractivity contribution in [2.24, 2.45) is 0 Å². The third kappa shape index (κ3) is 2.73. The maximum absolute atomic E-state index is 13.7. The SMILES string of the molecule is Cc1c(F)cccc1NC1CC(C)(C)Oc2ccccc21. The first kappa shape index (κ1) is 13.9. The van der Waals surface area contributed by atoms with Crippen molar-refractivity contribution in [3.05, 3.63) is 59.4 Å². The van der Waals surface area contributed by atoms with Gasteiger partial charge in [0.15, 0.2) is 0 Å². The lowest BCUT2D eigenvalue weighted by molar-refractivity contribution is 0.0759. The molecule has 1 unspecified atom stereocenters. The van der Waals surface area contributed by atoms with Gasteiger partial charge in [0.25, 0.3) is 0 Å². The molecule has 0 spiro atoms. The zero-order valence-corrected chi connectivity index (χ0v) is 12.6. The van der Waals surface area contributed by atoms with E-state index < -0.39 is 0 Å². The highest BCUT2D eigenvalue weighted by molar-refractivity contribution is 5.54. The number of nitrogens with one attached hydrogen (secondary N) is 1. The molecule has 1 N–H and O–H groups in total. The van der Waals surface area contributed by atoms with Crippen LogP contribution in [0, 0.1) is 12.7 Å². The minimum Gasteiger partial charge on any atom is -0.487 e. The molecule has 3 rings (SSSR count). The van der Waals surface area contributed by atoms with Crippen LogP contribution in [0.25, 0.3) is 0 Å². The molecule has 0 bridgehead atoms. The smallest absolute Gasteiger partial charge is 0.128 e. The van der Waals surface area contributed by atoms with Gasteiger partial charge in [-0.05, 0) is 39.0 Å². The highest BCUT2D eigenvalue weighted by Crippen LogP contribution is 2.41. The molecule has 1 aliphatic rings. The Bertz CT molecular complexity index is 666. The Hall–Kier alpha value is -2.03. The van der Waals surface area contributed by atoms with Gasteiger partial charge in [0, 0.05) is 23.2 Å². The predicted octanol–water partition coefficient (Wildman–Crippen LogP) is 4.85. The van der Waals surface area contributed by atoms with Crippen LogP contribution in [0.4, 0.5) is 10.1 Å². The van der Waals surface area contributed by atoms with Gasteiger partial charge >= 0.3 is 0 Å². The van der Waals surface area contributed by atoms with Gasteiger partial charge in [0.1, 0.15) is 17.2 Å². The third-order valence-corrected chi connectivity index (χ3v) is 3.97. The van der Waals surface area contributed by atoms with Crippen molar-refractivity contribution in [3.63, 3.8) is 0 Å². The average Bonchev–Trinajstić information content (AvgIpc) is 2.42. The second-order valence-corrected chi connectivity index (χ2v) is 6.21. The topological polar surface area (TPSA) is 21.3 Å². The van der Waals surface area contributed by atoms with E-state index in [-0.39, 0.29) is 17.5 Å². The summed E-state index contributed by atoms with van der Waals surface area (Å²) in [5.74, 6) is 0.722. The first-order chi connectivity index (χ1) is 9.96. The molecule has 110 valence electrons. The summed E-state index contributed by atoms with van der Waals surface area (Å²) in [7, 11) is 0. The fraction of sp³-hybridized carbons (Fsp3) is 0.333. The van der Waals surface area contributed by atoms with Crippen LogP contribution in [-0.2, 0) is 0 Å². The van der Waals surface area contributed by atoms with Crippen LogP contribution < -0.4 is 10.1 Å². The molecule has 0 radical (unpaired) electrons. The molecule has 2 aromatic rings. The first-order valence-corrected chi connectivity index (χ1v) is 7.26. The second-order valence-electron chi connectivity index (χ2n) is 6.21. The van der Waals surface area contributed by atoms with E-state index in [1.54, 1.807) is 13.0 Å². The Morgan fingerprint density at radius 1 is 1.14 bits per heavy atom. The van der Waals surface area contributed by atoms with Crippen LogP contribution in [-0.4, -0.2) is 5.60 Å². The molecule has 0 aliphatic carbocycles. The van der Waals surface area contributed by atoms with Crippen molar-refractivity contribution < 1.29 is 9.13 Å². The van der Waals surface area contributed by atoms with E-state index in [1.165, 1.54) is 6.07 Å². The number of benzene rings is 2. The zero-order chi connectivity index (χ0) is 15.0. The fourth-order valence-corrected chi connectivity index (χ4v) is 2.88. The number of halogens is 1. The van der Waals surface area contributed by atoms with Gasteiger partial charge in [-0.2, -0.15) is 0 Å². The summed E-state index contributed by atoms with van der Waals surface area (Å²) >= 11 is 0. The minimum atomic E-state index is -0.243. The van der Waals surface area contributed by atoms with Crippen molar-refractivity contribution in [1.29, 1.82) is 0 Å². The molecule has 0 aromatic heterocycles. The molecular weight excluding hydrogens is 265 g/mol. The molecule has 0 amide bonds. The molecule has 0 saturated heterocycles. The summed E-state index contributed by atoms with van der Waals surface area (Å²) in [5.41, 5.74) is 2.38. The van der Waals surface area contributed by atoms with Crippen molar-refractivity contribution in [2.45, 2.75) is 38.8 Å². The molecule has 2 aromatic carbocycles. The first-order valence-electron chi connectivity index (χ1n) is 7.26. The second kappa shape index (κ2) is 5.06. The number of fused-ring (bicyclic) bond motifs is 1. The number of hydrogen-bond donors (Lipinski definition) is 1. The van der Waals surface area contributed by atoms with Gasteiger partial charge < -0.3 is 10.1 Å². The Balaban J connectivity index is 1.96. The fourth-order valence-electron chi connectivity index (χ4n) is 2.88. The molecule has 0 saturated carbocycles. The lowest BCUT2D eigenvalue weighted by Gasteiger charge is -2.38. The molecule has 0 fully saturated rings. The average molecular weight is 285 g/mol. The number of anilines is 1. The van der Waals surface area contributed by atoms with Gasteiger partial charge in [-0.25, -0.2) is 4.39 Å². The summed E-state index contributed by atoms with van der Waals surface area (Å²) < 4.78 is 19.7. The van der Waals surface area contributed by atoms with E-state index >= 15 is 0 Å². The van der Waals surface area contributed by atoms with Crippen LogP contribution in [0.3, 0.4) is 0 Å². The van der Waals surface area contributed by atoms with Gasteiger partial charge in [-0.3, -0.25) is 0 Å². The largest absolute Gasteiger partial charge is 0.487 e. The summed E-state index contributed by atoms with van der Waals surface area (Å²) in [4.78, 5) is 0. The Morgan fingerprint density at radius 3 is 2.71 bits per heavy atom. The van der Waals surface area contributed by atoms with E-state index in [0.29, 0.717) is 5.56 Å². The predicted molar refractivity (Wildman–Crippen MR) is 83.3 cm³/mol. The molecule has 21 heavy (non-hydrogen) atoms. The van der Waals surface area contributed by atoms with E-state index in [0.717, 1.165) is 23.4 Å². The summed E-state index contributed by atoms with van der Waals surface area (Å²) in [6, 6.07) is 13.3. The van der Waals surface area contributed by atoms with Crippen LogP contribution in [0.2, 0.25) is 0 Å². The standard InChI is InChI=1S/C18H20FNO/c1-12-14(19)8-6-9-15(12)20-16-11-18(2,3)21-17-10-5-4-7-13(16)17/h4-10,16,20H,11H2,1-3H3. The van der Waals surface area contributed by atoms with Crippen LogP contribution in [0.1, 0.15) is 37.4 Å². The molecule has 1 aliphatic heterocycles. The number of hydrogen-bond acceptors (Lipinski definition) is 2. The van der Waals surface area contributed by atoms with Gasteiger partial charge in [0.05, 0.1) is 6.04 Å². The Morgan fingerprint density at radius 2 is 1.90 bits per heavy atom. The van der Waals surface area contributed by atoms with Crippen molar-refractivity contribution in [3.8, 4) is 5.75 Å². The molecule has 1 heterocycles. The number of para-hydroxylation sites is 1. The van der Waals surface area contributed by atoms with Gasteiger partial charge in [-0.15, -0.1) is 0 Å². The molecule has 2 nitrogen and oxygen atoms in total. The maximum Gasteiger partial charge on any atom is 0.128 e. The van der Waals surface area contributed by atoms with Gasteiger partial charge in [-0.1, -0.05) is 24.3 Å². The van der Waals surface area contributed by atoms with E-state index in [1.807, 2.05) is 24.3 Å². The molecule has 1 atom stereocenters. The molecule has 3 heteroatoms. The van der Waals surface area contributed by atoms with Crippen molar-refractivity contribution in [2.75, 3.05) is 5.32 Å². The third-order valence-electron chi connectivity index (χ3n) is 3.97. The zero-order valence-electron chi connectivity index (χ0n) is 12.6. The number of rotatable bonds is 2. The minimum absolute atomic E-state index is 0.116. The monoisotopic (exact) mass is 285 g/mol. The number of ether oxygens (including phenoxy) is 1. The molecular formula is C18H20FNO. The van der Waals surface area contributed by atoms with Crippen molar-refractivity contribution >= 4 is 5.69 Å². The lowest BCUT2D eigenvalue weighted by atomic mass is 9.89. The lowest BCUT2D eigenvalue weighted by Crippen LogP contribution is -2.37. The van der Waals surface area contributed by atoms with Gasteiger partial charge in [0.2, 0.25) is 0 Å². The summed E-state index contributed by atoms with van der Waals surface area (Å²) in [6.45, 7) is 5.96. The van der Waals surface area contributed by atoms with E-state index in [4.69, 9.17) is 4.74 Å². The maximum atomic E-state index is 13.7. The van der Waals surface area contributed by atoms with Crippen LogP contribution in [0.15, 0.2) is 42.5 Å². The summed E-state index contributed by atoms with van der Waals surface area (Å²) in [6.07, 6.45) is 0.833. The highest BCUT2D eigenvalue weighted by atomic mass is 19.1. The quantitative estimate of drug-likeness (QED) is 0.851. The Labute approximate surface area is 125 Å². The Kier molecular flexibility index (Phi) is 3.36. The van der Waals surface area contributed by atoms with E-state index in [9.17, 15) is 4.39 Å². The van der Waals surface area contributed by atoms with E-state index in [2.05, 4.69) is 25.2 Å². The normalized spacial score (nSPS) is 19.5. The van der Waals surface area contributed by atoms with Crippen LogP contribution >= 0.6 is 0 Å². The van der Waals surface area contributed by atoms with Crippen molar-refractivity contribution in [1.82, 2.24) is 0 Å².